The van der Waals surface area contributed by atoms with Crippen molar-refractivity contribution in [1.29, 1.82) is 0 Å². The van der Waals surface area contributed by atoms with Crippen molar-refractivity contribution >= 4 is 51.3 Å². The molecule has 1 N–H and O–H groups in total. The fraction of sp³-hybridized carbons (Fsp3) is 0.250. The number of benzene rings is 1. The van der Waals surface area contributed by atoms with E-state index in [4.69, 9.17) is 16.2 Å². The van der Waals surface area contributed by atoms with Gasteiger partial charge in [0.25, 0.3) is 10.1 Å². The Kier molecular flexibility index (Phi) is 5.65. The summed E-state index contributed by atoms with van der Waals surface area (Å²) in [6.45, 7) is 1.79. The molecule has 0 bridgehead atoms. The zero-order valence-electron chi connectivity index (χ0n) is 6.99. The van der Waals surface area contributed by atoms with Gasteiger partial charge in [-0.05, 0) is 18.1 Å². The van der Waals surface area contributed by atoms with Crippen molar-refractivity contribution in [3.8, 4) is 0 Å². The fourth-order valence-corrected chi connectivity index (χ4v) is 2.47. The summed E-state index contributed by atoms with van der Waals surface area (Å²) in [4.78, 5) is -0.181. The van der Waals surface area contributed by atoms with Gasteiger partial charge in [0.1, 0.15) is 4.90 Å². The molecule has 1 rings (SSSR count). The summed E-state index contributed by atoms with van der Waals surface area (Å²) in [6, 6.07) is 4.70. The number of aryl methyl sites for hydroxylation is 1. The second-order valence-electron chi connectivity index (χ2n) is 2.56. The van der Waals surface area contributed by atoms with Crippen LogP contribution in [0.25, 0.3) is 0 Å². The predicted octanol–water partition coefficient (Wildman–Crippen LogP) is 1.50. The molecule has 0 fully saturated rings. The van der Waals surface area contributed by atoms with Crippen LogP contribution in [0.4, 0.5) is 0 Å². The van der Waals surface area contributed by atoms with Crippen molar-refractivity contribution in [3.05, 3.63) is 28.8 Å². The number of hydrogen-bond acceptors (Lipinski definition) is 2. The van der Waals surface area contributed by atoms with E-state index in [0.717, 1.165) is 0 Å². The van der Waals surface area contributed by atoms with Gasteiger partial charge in [-0.1, -0.05) is 30.7 Å². The van der Waals surface area contributed by atoms with Crippen LogP contribution in [0, 0.1) is 0 Å². The molecular weight excluding hydrogens is 235 g/mol. The maximum absolute atomic E-state index is 10.9. The average molecular weight is 245 g/mol. The van der Waals surface area contributed by atoms with E-state index < -0.39 is 10.1 Å². The molecule has 0 saturated carbocycles. The van der Waals surface area contributed by atoms with Gasteiger partial charge in [-0.25, -0.2) is 0 Å². The van der Waals surface area contributed by atoms with E-state index in [1.165, 1.54) is 6.07 Å². The summed E-state index contributed by atoms with van der Waals surface area (Å²) in [7, 11) is -4.21. The van der Waals surface area contributed by atoms with E-state index in [1.54, 1.807) is 19.1 Å². The van der Waals surface area contributed by atoms with Gasteiger partial charge in [0, 0.05) is 0 Å². The van der Waals surface area contributed by atoms with Gasteiger partial charge in [0.2, 0.25) is 0 Å². The summed E-state index contributed by atoms with van der Waals surface area (Å²) in [6.07, 6.45) is 0.510. The van der Waals surface area contributed by atoms with Crippen molar-refractivity contribution in [2.45, 2.75) is 18.2 Å². The number of hydrogen-bond donors (Lipinski definition) is 1. The van der Waals surface area contributed by atoms with Crippen LogP contribution in [0.2, 0.25) is 5.02 Å². The van der Waals surface area contributed by atoms with Crippen molar-refractivity contribution in [2.75, 3.05) is 0 Å². The first kappa shape index (κ1) is 14.4. The Hall–Kier alpha value is 0.420. The SMILES string of the molecule is CCc1cccc(Cl)c1S(=O)(=O)O.[NaH]. The molecule has 6 heteroatoms. The summed E-state index contributed by atoms with van der Waals surface area (Å²) < 4.78 is 30.7. The summed E-state index contributed by atoms with van der Waals surface area (Å²) in [5, 5.41) is 0.0573. The fourth-order valence-electron chi connectivity index (χ4n) is 1.12. The van der Waals surface area contributed by atoms with Crippen LogP contribution >= 0.6 is 11.6 Å². The summed E-state index contributed by atoms with van der Waals surface area (Å²) in [5.41, 5.74) is 0.523. The second kappa shape index (κ2) is 5.49. The third-order valence-electron chi connectivity index (χ3n) is 1.69. The Morgan fingerprint density at radius 1 is 1.43 bits per heavy atom. The molecule has 74 valence electrons. The Balaban J connectivity index is 0.00000169. The van der Waals surface area contributed by atoms with Crippen molar-refractivity contribution < 1.29 is 13.0 Å². The minimum absolute atomic E-state index is 0. The molecule has 0 heterocycles. The molecule has 0 amide bonds. The summed E-state index contributed by atoms with van der Waals surface area (Å²) >= 11 is 5.65. The Morgan fingerprint density at radius 2 is 2.00 bits per heavy atom. The zero-order valence-corrected chi connectivity index (χ0v) is 8.56. The van der Waals surface area contributed by atoms with Crippen LogP contribution in [-0.2, 0) is 16.5 Å². The van der Waals surface area contributed by atoms with E-state index in [1.807, 2.05) is 0 Å². The van der Waals surface area contributed by atoms with Crippen LogP contribution in [-0.4, -0.2) is 42.5 Å². The van der Waals surface area contributed by atoms with Gasteiger partial charge in [-0.15, -0.1) is 0 Å². The minimum atomic E-state index is -4.21. The second-order valence-corrected chi connectivity index (χ2v) is 4.32. The van der Waals surface area contributed by atoms with Crippen LogP contribution in [0.15, 0.2) is 23.1 Å². The van der Waals surface area contributed by atoms with E-state index >= 15 is 0 Å². The van der Waals surface area contributed by atoms with Crippen molar-refractivity contribution in [3.63, 3.8) is 0 Å². The molecule has 14 heavy (non-hydrogen) atoms. The van der Waals surface area contributed by atoms with Gasteiger partial charge in [0.05, 0.1) is 5.02 Å². The van der Waals surface area contributed by atoms with Crippen LogP contribution in [0.5, 0.6) is 0 Å². The van der Waals surface area contributed by atoms with Crippen molar-refractivity contribution in [2.24, 2.45) is 0 Å². The summed E-state index contributed by atoms with van der Waals surface area (Å²) in [5.74, 6) is 0. The first-order valence-corrected chi connectivity index (χ1v) is 5.53. The van der Waals surface area contributed by atoms with Crippen molar-refractivity contribution in [1.82, 2.24) is 0 Å². The normalized spacial score (nSPS) is 10.8. The van der Waals surface area contributed by atoms with Gasteiger partial charge < -0.3 is 0 Å². The van der Waals surface area contributed by atoms with Gasteiger partial charge >= 0.3 is 29.6 Å². The molecule has 1 aromatic carbocycles. The topological polar surface area (TPSA) is 54.4 Å². The molecule has 0 unspecified atom stereocenters. The van der Waals surface area contributed by atoms with Crippen LogP contribution in [0.1, 0.15) is 12.5 Å². The molecule has 0 saturated heterocycles. The van der Waals surface area contributed by atoms with E-state index in [0.29, 0.717) is 12.0 Å². The van der Waals surface area contributed by atoms with Gasteiger partial charge in [0.15, 0.2) is 0 Å². The molecule has 0 aromatic heterocycles. The van der Waals surface area contributed by atoms with E-state index in [9.17, 15) is 8.42 Å². The zero-order chi connectivity index (χ0) is 10.1. The number of rotatable bonds is 2. The molecule has 0 aliphatic heterocycles. The average Bonchev–Trinajstić information content (AvgIpc) is 2.01. The molecule has 0 radical (unpaired) electrons. The molecule has 0 aliphatic rings. The Morgan fingerprint density at radius 3 is 2.36 bits per heavy atom. The van der Waals surface area contributed by atoms with Crippen LogP contribution in [0.3, 0.4) is 0 Å². The maximum atomic E-state index is 10.9. The molecule has 0 spiro atoms. The monoisotopic (exact) mass is 244 g/mol. The predicted molar refractivity (Wildman–Crippen MR) is 57.8 cm³/mol. The standard InChI is InChI=1S/C8H9ClO3S.Na.H/c1-2-6-4-3-5-7(9)8(6)13(10,11)12;;/h3-5H,2H2,1H3,(H,10,11,12);;. The van der Waals surface area contributed by atoms with Crippen LogP contribution < -0.4 is 0 Å². The number of halogens is 1. The first-order chi connectivity index (χ1) is 5.96. The third kappa shape index (κ3) is 3.22. The van der Waals surface area contributed by atoms with E-state index in [2.05, 4.69) is 0 Å². The third-order valence-corrected chi connectivity index (χ3v) is 3.11. The molecule has 3 nitrogen and oxygen atoms in total. The van der Waals surface area contributed by atoms with Gasteiger partial charge in [-0.3, -0.25) is 4.55 Å². The Labute approximate surface area is 111 Å². The molecule has 0 aliphatic carbocycles. The quantitative estimate of drug-likeness (QED) is 0.634. The first-order valence-electron chi connectivity index (χ1n) is 3.71. The van der Waals surface area contributed by atoms with Gasteiger partial charge in [-0.2, -0.15) is 8.42 Å². The molecule has 0 atom stereocenters. The molecule has 1 aromatic rings. The van der Waals surface area contributed by atoms with E-state index in [-0.39, 0.29) is 39.5 Å². The molecular formula is C8H10ClNaO3S. The Bertz CT molecular complexity index is 417.